The van der Waals surface area contributed by atoms with Gasteiger partial charge in [0, 0.05) is 45.3 Å². The molecule has 0 unspecified atom stereocenters. The molecule has 0 saturated carbocycles. The van der Waals surface area contributed by atoms with Crippen LogP contribution in [0.1, 0.15) is 20.8 Å². The van der Waals surface area contributed by atoms with Crippen LogP contribution in [0.15, 0.2) is 0 Å². The van der Waals surface area contributed by atoms with E-state index in [2.05, 4.69) is 27.4 Å². The number of carbonyl (C=O) groups excluding carboxylic acids is 1. The maximum atomic E-state index is 11.7. The van der Waals surface area contributed by atoms with Gasteiger partial charge in [-0.05, 0) is 20.4 Å². The van der Waals surface area contributed by atoms with Crippen LogP contribution >= 0.6 is 0 Å². The maximum Gasteiger partial charge on any atom is 0.234 e. The molecule has 1 fully saturated rings. The smallest absolute Gasteiger partial charge is 0.234 e. The molecule has 5 nitrogen and oxygen atoms in total. The fourth-order valence-electron chi connectivity index (χ4n) is 2.14. The quantitative estimate of drug-likeness (QED) is 0.659. The van der Waals surface area contributed by atoms with Crippen LogP contribution in [-0.4, -0.2) is 74.1 Å². The standard InChI is InChI=1S/C13H28N4O/c1-4-16(11-13(18)15-12(2)3)9-10-17-7-5-14-6-8-17/h12,14H,4-11H2,1-3H3,(H,15,18). The van der Waals surface area contributed by atoms with Crippen molar-refractivity contribution in [2.24, 2.45) is 0 Å². The number of nitrogens with one attached hydrogen (secondary N) is 2. The summed E-state index contributed by atoms with van der Waals surface area (Å²) in [5, 5.41) is 6.29. The first-order chi connectivity index (χ1) is 8.61. The van der Waals surface area contributed by atoms with E-state index in [1.54, 1.807) is 0 Å². The van der Waals surface area contributed by atoms with E-state index in [0.717, 1.165) is 45.8 Å². The lowest BCUT2D eigenvalue weighted by molar-refractivity contribution is -0.122. The van der Waals surface area contributed by atoms with Crippen molar-refractivity contribution in [3.8, 4) is 0 Å². The Bertz CT molecular complexity index is 239. The van der Waals surface area contributed by atoms with Gasteiger partial charge in [-0.25, -0.2) is 0 Å². The first kappa shape index (κ1) is 15.4. The lowest BCUT2D eigenvalue weighted by atomic mass is 10.3. The van der Waals surface area contributed by atoms with Gasteiger partial charge in [0.05, 0.1) is 6.54 Å². The molecule has 0 radical (unpaired) electrons. The van der Waals surface area contributed by atoms with E-state index in [1.165, 1.54) is 0 Å². The molecular weight excluding hydrogens is 228 g/mol. The van der Waals surface area contributed by atoms with Crippen LogP contribution in [0.4, 0.5) is 0 Å². The second kappa shape index (κ2) is 8.45. The summed E-state index contributed by atoms with van der Waals surface area (Å²) in [6, 6.07) is 0.226. The zero-order valence-electron chi connectivity index (χ0n) is 12.0. The van der Waals surface area contributed by atoms with E-state index in [-0.39, 0.29) is 11.9 Å². The molecule has 1 amide bonds. The van der Waals surface area contributed by atoms with Crippen LogP contribution in [0.5, 0.6) is 0 Å². The average Bonchev–Trinajstić information content (AvgIpc) is 2.34. The number of hydrogen-bond acceptors (Lipinski definition) is 4. The van der Waals surface area contributed by atoms with Crippen molar-refractivity contribution in [3.05, 3.63) is 0 Å². The average molecular weight is 256 g/mol. The van der Waals surface area contributed by atoms with Crippen LogP contribution in [0.3, 0.4) is 0 Å². The van der Waals surface area contributed by atoms with Crippen molar-refractivity contribution in [1.29, 1.82) is 0 Å². The molecule has 0 aliphatic carbocycles. The van der Waals surface area contributed by atoms with E-state index in [4.69, 9.17) is 0 Å². The minimum atomic E-state index is 0.132. The topological polar surface area (TPSA) is 47.6 Å². The molecule has 1 heterocycles. The van der Waals surface area contributed by atoms with Crippen molar-refractivity contribution in [3.63, 3.8) is 0 Å². The van der Waals surface area contributed by atoms with Gasteiger partial charge < -0.3 is 10.6 Å². The minimum Gasteiger partial charge on any atom is -0.353 e. The molecule has 1 aliphatic heterocycles. The predicted octanol–water partition coefficient (Wildman–Crippen LogP) is -0.262. The summed E-state index contributed by atoms with van der Waals surface area (Å²) >= 11 is 0. The first-order valence-corrected chi connectivity index (χ1v) is 7.06. The van der Waals surface area contributed by atoms with Gasteiger partial charge in [0.25, 0.3) is 0 Å². The molecule has 1 rings (SSSR count). The summed E-state index contributed by atoms with van der Waals surface area (Å²) in [5.41, 5.74) is 0. The van der Waals surface area contributed by atoms with Crippen LogP contribution in [0.2, 0.25) is 0 Å². The van der Waals surface area contributed by atoms with Gasteiger partial charge in [0.15, 0.2) is 0 Å². The number of nitrogens with zero attached hydrogens (tertiary/aromatic N) is 2. The zero-order valence-corrected chi connectivity index (χ0v) is 12.0. The Morgan fingerprint density at radius 1 is 1.39 bits per heavy atom. The number of hydrogen-bond donors (Lipinski definition) is 2. The van der Waals surface area contributed by atoms with E-state index in [0.29, 0.717) is 6.54 Å². The molecule has 2 N–H and O–H groups in total. The molecule has 1 aliphatic rings. The van der Waals surface area contributed by atoms with Gasteiger partial charge in [-0.2, -0.15) is 0 Å². The molecule has 0 spiro atoms. The zero-order chi connectivity index (χ0) is 13.4. The van der Waals surface area contributed by atoms with Crippen LogP contribution in [0.25, 0.3) is 0 Å². The van der Waals surface area contributed by atoms with Crippen molar-refractivity contribution < 1.29 is 4.79 Å². The predicted molar refractivity (Wildman–Crippen MR) is 74.7 cm³/mol. The molecule has 18 heavy (non-hydrogen) atoms. The molecule has 106 valence electrons. The number of carbonyl (C=O) groups is 1. The van der Waals surface area contributed by atoms with Crippen molar-refractivity contribution in [2.75, 3.05) is 52.4 Å². The number of rotatable bonds is 7. The summed E-state index contributed by atoms with van der Waals surface area (Å²) in [6.45, 7) is 14.0. The molecule has 0 aromatic carbocycles. The van der Waals surface area contributed by atoms with Gasteiger partial charge in [-0.1, -0.05) is 6.92 Å². The highest BCUT2D eigenvalue weighted by Crippen LogP contribution is 1.95. The molecule has 0 atom stereocenters. The Hall–Kier alpha value is -0.650. The highest BCUT2D eigenvalue weighted by molar-refractivity contribution is 5.78. The highest BCUT2D eigenvalue weighted by Gasteiger charge is 2.13. The second-order valence-corrected chi connectivity index (χ2v) is 5.18. The van der Waals surface area contributed by atoms with Gasteiger partial charge in [-0.3, -0.25) is 14.6 Å². The lowest BCUT2D eigenvalue weighted by Crippen LogP contribution is -2.47. The van der Waals surface area contributed by atoms with E-state index < -0.39 is 0 Å². The van der Waals surface area contributed by atoms with E-state index >= 15 is 0 Å². The summed E-state index contributed by atoms with van der Waals surface area (Å²) in [5.74, 6) is 0.132. The van der Waals surface area contributed by atoms with Crippen molar-refractivity contribution in [1.82, 2.24) is 20.4 Å². The lowest BCUT2D eigenvalue weighted by Gasteiger charge is -2.29. The van der Waals surface area contributed by atoms with E-state index in [1.807, 2.05) is 13.8 Å². The van der Waals surface area contributed by atoms with Gasteiger partial charge in [-0.15, -0.1) is 0 Å². The highest BCUT2D eigenvalue weighted by atomic mass is 16.2. The van der Waals surface area contributed by atoms with Gasteiger partial charge in [0.2, 0.25) is 5.91 Å². The van der Waals surface area contributed by atoms with Gasteiger partial charge in [0.1, 0.15) is 0 Å². The Morgan fingerprint density at radius 2 is 2.06 bits per heavy atom. The molecule has 0 aromatic rings. The fourth-order valence-corrected chi connectivity index (χ4v) is 2.14. The normalized spacial score (nSPS) is 17.4. The minimum absolute atomic E-state index is 0.132. The van der Waals surface area contributed by atoms with Crippen molar-refractivity contribution in [2.45, 2.75) is 26.8 Å². The van der Waals surface area contributed by atoms with Crippen LogP contribution < -0.4 is 10.6 Å². The maximum absolute atomic E-state index is 11.7. The summed E-state index contributed by atoms with van der Waals surface area (Å²) < 4.78 is 0. The largest absolute Gasteiger partial charge is 0.353 e. The fraction of sp³-hybridized carbons (Fsp3) is 0.923. The summed E-state index contributed by atoms with van der Waals surface area (Å²) in [6.07, 6.45) is 0. The van der Waals surface area contributed by atoms with Crippen LogP contribution in [0, 0.1) is 0 Å². The number of likely N-dealkylation sites (N-methyl/N-ethyl adjacent to an activating group) is 1. The van der Waals surface area contributed by atoms with Crippen LogP contribution in [-0.2, 0) is 4.79 Å². The molecule has 0 bridgehead atoms. The third-order valence-electron chi connectivity index (χ3n) is 3.21. The first-order valence-electron chi connectivity index (χ1n) is 7.06. The Labute approximate surface area is 111 Å². The second-order valence-electron chi connectivity index (χ2n) is 5.18. The van der Waals surface area contributed by atoms with E-state index in [9.17, 15) is 4.79 Å². The molecule has 5 heteroatoms. The third kappa shape index (κ3) is 6.33. The Balaban J connectivity index is 2.21. The van der Waals surface area contributed by atoms with Gasteiger partial charge >= 0.3 is 0 Å². The molecule has 0 aromatic heterocycles. The number of amides is 1. The summed E-state index contributed by atoms with van der Waals surface area (Å²) in [7, 11) is 0. The molecular formula is C13H28N4O. The monoisotopic (exact) mass is 256 g/mol. The SMILES string of the molecule is CCN(CCN1CCNCC1)CC(=O)NC(C)C. The third-order valence-corrected chi connectivity index (χ3v) is 3.21. The summed E-state index contributed by atoms with van der Waals surface area (Å²) in [4.78, 5) is 16.4. The van der Waals surface area contributed by atoms with Crippen molar-refractivity contribution >= 4 is 5.91 Å². The molecule has 1 saturated heterocycles. The Kier molecular flexibility index (Phi) is 7.23. The Morgan fingerprint density at radius 3 is 2.61 bits per heavy atom. The number of piperazine rings is 1.